The molecule has 16 heavy (non-hydrogen) atoms. The minimum atomic E-state index is -0.836. The van der Waals surface area contributed by atoms with Gasteiger partial charge in [-0.3, -0.25) is 0 Å². The van der Waals surface area contributed by atoms with Crippen molar-refractivity contribution < 1.29 is 13.9 Å². The third kappa shape index (κ3) is 3.00. The van der Waals surface area contributed by atoms with E-state index in [1.54, 1.807) is 13.0 Å². The summed E-state index contributed by atoms with van der Waals surface area (Å²) in [5.41, 5.74) is 5.79. The highest BCUT2D eigenvalue weighted by molar-refractivity contribution is 5.22. The number of halogens is 2. The molecule has 1 aromatic rings. The summed E-state index contributed by atoms with van der Waals surface area (Å²) in [7, 11) is 0. The van der Waals surface area contributed by atoms with Gasteiger partial charge in [-0.2, -0.15) is 0 Å². The maximum atomic E-state index is 13.4. The molecule has 0 saturated heterocycles. The van der Waals surface area contributed by atoms with Gasteiger partial charge in [0.25, 0.3) is 0 Å². The summed E-state index contributed by atoms with van der Waals surface area (Å²) in [5.74, 6) is -1.87. The number of nitrogens with two attached hydrogens (primary N) is 1. The van der Waals surface area contributed by atoms with Crippen LogP contribution in [0.1, 0.15) is 24.8 Å². The van der Waals surface area contributed by atoms with Gasteiger partial charge in [-0.1, -0.05) is 19.1 Å². The average molecular weight is 229 g/mol. The van der Waals surface area contributed by atoms with Crippen molar-refractivity contribution in [3.05, 3.63) is 35.4 Å². The summed E-state index contributed by atoms with van der Waals surface area (Å²) in [6, 6.07) is 4.15. The van der Waals surface area contributed by atoms with Crippen molar-refractivity contribution in [1.82, 2.24) is 0 Å². The van der Waals surface area contributed by atoms with Gasteiger partial charge in [0.2, 0.25) is 0 Å². The highest BCUT2D eigenvalue weighted by atomic mass is 19.2. The van der Waals surface area contributed by atoms with Crippen LogP contribution in [0.4, 0.5) is 8.78 Å². The van der Waals surface area contributed by atoms with E-state index in [0.717, 1.165) is 6.07 Å². The van der Waals surface area contributed by atoms with Gasteiger partial charge in [0.1, 0.15) is 0 Å². The first-order chi connectivity index (χ1) is 7.60. The summed E-state index contributed by atoms with van der Waals surface area (Å²) in [5, 5.41) is 9.00. The molecule has 0 aliphatic heterocycles. The molecule has 3 N–H and O–H groups in total. The van der Waals surface area contributed by atoms with E-state index in [-0.39, 0.29) is 18.4 Å². The number of benzene rings is 1. The first kappa shape index (κ1) is 13.1. The largest absolute Gasteiger partial charge is 0.396 e. The van der Waals surface area contributed by atoms with Gasteiger partial charge in [-0.05, 0) is 36.4 Å². The minimum Gasteiger partial charge on any atom is -0.396 e. The number of aliphatic hydroxyl groups excluding tert-OH is 1. The zero-order chi connectivity index (χ0) is 12.1. The molecule has 0 heterocycles. The van der Waals surface area contributed by atoms with E-state index in [1.165, 1.54) is 6.07 Å². The minimum absolute atomic E-state index is 0.0300. The Morgan fingerprint density at radius 1 is 1.38 bits per heavy atom. The van der Waals surface area contributed by atoms with Crippen LogP contribution in [0.25, 0.3) is 0 Å². The third-order valence-electron chi connectivity index (χ3n) is 2.79. The SMILES string of the molecule is CC(CC(CN)CO)c1cccc(F)c1F. The van der Waals surface area contributed by atoms with Crippen LogP contribution in [0, 0.1) is 17.6 Å². The zero-order valence-corrected chi connectivity index (χ0v) is 9.29. The Balaban J connectivity index is 2.80. The second-order valence-corrected chi connectivity index (χ2v) is 4.06. The lowest BCUT2D eigenvalue weighted by Crippen LogP contribution is -2.20. The fourth-order valence-electron chi connectivity index (χ4n) is 1.77. The van der Waals surface area contributed by atoms with Gasteiger partial charge in [0.15, 0.2) is 11.6 Å². The zero-order valence-electron chi connectivity index (χ0n) is 9.29. The lowest BCUT2D eigenvalue weighted by molar-refractivity contribution is 0.216. The van der Waals surface area contributed by atoms with E-state index in [0.29, 0.717) is 18.5 Å². The van der Waals surface area contributed by atoms with Crippen LogP contribution >= 0.6 is 0 Å². The Kier molecular flexibility index (Phi) is 4.83. The summed E-state index contributed by atoms with van der Waals surface area (Å²) < 4.78 is 26.4. The van der Waals surface area contributed by atoms with Gasteiger partial charge >= 0.3 is 0 Å². The molecule has 0 aliphatic rings. The topological polar surface area (TPSA) is 46.2 Å². The van der Waals surface area contributed by atoms with Crippen LogP contribution in [-0.4, -0.2) is 18.3 Å². The predicted molar refractivity (Wildman–Crippen MR) is 59.0 cm³/mol. The Labute approximate surface area is 94.1 Å². The smallest absolute Gasteiger partial charge is 0.162 e. The summed E-state index contributed by atoms with van der Waals surface area (Å²) in [6.07, 6.45) is 0.549. The van der Waals surface area contributed by atoms with Gasteiger partial charge in [0, 0.05) is 6.61 Å². The van der Waals surface area contributed by atoms with E-state index in [4.69, 9.17) is 10.8 Å². The third-order valence-corrected chi connectivity index (χ3v) is 2.79. The van der Waals surface area contributed by atoms with E-state index >= 15 is 0 Å². The van der Waals surface area contributed by atoms with Crippen LogP contribution < -0.4 is 5.73 Å². The van der Waals surface area contributed by atoms with Crippen LogP contribution in [0.2, 0.25) is 0 Å². The quantitative estimate of drug-likeness (QED) is 0.811. The molecule has 2 nitrogen and oxygen atoms in total. The molecular weight excluding hydrogens is 212 g/mol. The molecule has 90 valence electrons. The van der Waals surface area contributed by atoms with Crippen molar-refractivity contribution in [3.63, 3.8) is 0 Å². The van der Waals surface area contributed by atoms with Crippen molar-refractivity contribution in [2.24, 2.45) is 11.7 Å². The molecule has 0 fully saturated rings. The highest BCUT2D eigenvalue weighted by Gasteiger charge is 2.17. The number of aliphatic hydroxyl groups is 1. The second kappa shape index (κ2) is 5.92. The van der Waals surface area contributed by atoms with Crippen molar-refractivity contribution in [1.29, 1.82) is 0 Å². The van der Waals surface area contributed by atoms with Crippen molar-refractivity contribution >= 4 is 0 Å². The summed E-state index contributed by atoms with van der Waals surface area (Å²) in [6.45, 7) is 2.12. The number of rotatable bonds is 5. The second-order valence-electron chi connectivity index (χ2n) is 4.06. The maximum absolute atomic E-state index is 13.4. The van der Waals surface area contributed by atoms with Gasteiger partial charge < -0.3 is 10.8 Å². The van der Waals surface area contributed by atoms with E-state index in [9.17, 15) is 8.78 Å². The van der Waals surface area contributed by atoms with Crippen LogP contribution in [0.15, 0.2) is 18.2 Å². The van der Waals surface area contributed by atoms with Crippen molar-refractivity contribution in [2.45, 2.75) is 19.3 Å². The van der Waals surface area contributed by atoms with E-state index < -0.39 is 11.6 Å². The summed E-state index contributed by atoms with van der Waals surface area (Å²) in [4.78, 5) is 0. The molecule has 0 aliphatic carbocycles. The number of hydrogen-bond donors (Lipinski definition) is 2. The molecule has 2 atom stereocenters. The first-order valence-corrected chi connectivity index (χ1v) is 5.35. The fourth-order valence-corrected chi connectivity index (χ4v) is 1.77. The molecule has 0 aromatic heterocycles. The molecule has 0 bridgehead atoms. The monoisotopic (exact) mass is 229 g/mol. The molecule has 0 amide bonds. The lowest BCUT2D eigenvalue weighted by atomic mass is 9.90. The summed E-state index contributed by atoms with van der Waals surface area (Å²) >= 11 is 0. The molecule has 0 radical (unpaired) electrons. The van der Waals surface area contributed by atoms with Crippen LogP contribution in [0.5, 0.6) is 0 Å². The van der Waals surface area contributed by atoms with Gasteiger partial charge in [-0.15, -0.1) is 0 Å². The Morgan fingerprint density at radius 3 is 2.62 bits per heavy atom. The van der Waals surface area contributed by atoms with Crippen LogP contribution in [0.3, 0.4) is 0 Å². The molecule has 1 aromatic carbocycles. The predicted octanol–water partition coefficient (Wildman–Crippen LogP) is 2.03. The van der Waals surface area contributed by atoms with Crippen molar-refractivity contribution in [3.8, 4) is 0 Å². The standard InChI is InChI=1S/C12H17F2NO/c1-8(5-9(6-15)7-16)10-3-2-4-11(13)12(10)14/h2-4,8-9,16H,5-7,15H2,1H3. The molecule has 4 heteroatoms. The number of hydrogen-bond acceptors (Lipinski definition) is 2. The Hall–Kier alpha value is -1.00. The lowest BCUT2D eigenvalue weighted by Gasteiger charge is -2.18. The Bertz CT molecular complexity index is 340. The average Bonchev–Trinajstić information content (AvgIpc) is 2.29. The van der Waals surface area contributed by atoms with Crippen molar-refractivity contribution in [2.75, 3.05) is 13.2 Å². The molecule has 1 rings (SSSR count). The molecule has 0 spiro atoms. The van der Waals surface area contributed by atoms with Crippen LogP contribution in [-0.2, 0) is 0 Å². The maximum Gasteiger partial charge on any atom is 0.162 e. The first-order valence-electron chi connectivity index (χ1n) is 5.35. The molecule has 0 saturated carbocycles. The van der Waals surface area contributed by atoms with E-state index in [1.807, 2.05) is 0 Å². The normalized spacial score (nSPS) is 14.8. The van der Waals surface area contributed by atoms with Gasteiger partial charge in [-0.25, -0.2) is 8.78 Å². The molecule has 2 unspecified atom stereocenters. The Morgan fingerprint density at radius 2 is 2.06 bits per heavy atom. The van der Waals surface area contributed by atoms with Gasteiger partial charge in [0.05, 0.1) is 0 Å². The highest BCUT2D eigenvalue weighted by Crippen LogP contribution is 2.26. The molecular formula is C12H17F2NO. The van der Waals surface area contributed by atoms with E-state index in [2.05, 4.69) is 0 Å². The fraction of sp³-hybridized carbons (Fsp3) is 0.500.